The maximum absolute atomic E-state index is 9.37. The van der Waals surface area contributed by atoms with Crippen molar-refractivity contribution in [3.63, 3.8) is 0 Å². The first-order valence-corrected chi connectivity index (χ1v) is 11.4. The van der Waals surface area contributed by atoms with Crippen LogP contribution in [0.3, 0.4) is 0 Å². The Labute approximate surface area is 174 Å². The van der Waals surface area contributed by atoms with Gasteiger partial charge in [-0.05, 0) is 0 Å². The first-order chi connectivity index (χ1) is 13.2. The largest absolute Gasteiger partial charge is 0.750 e. The highest BCUT2D eigenvalue weighted by Crippen LogP contribution is 2.11. The third kappa shape index (κ3) is 73.5. The average molecular weight is 428 g/mol. The van der Waals surface area contributed by atoms with Crippen LogP contribution in [-0.4, -0.2) is 35.5 Å². The molecule has 0 saturated heterocycles. The summed E-state index contributed by atoms with van der Waals surface area (Å²) in [7, 11) is 0. The lowest BCUT2D eigenvalue weighted by molar-refractivity contribution is -0.137. The van der Waals surface area contributed by atoms with Crippen LogP contribution >= 0.6 is 0 Å². The van der Waals surface area contributed by atoms with Crippen molar-refractivity contribution in [1.29, 1.82) is 0 Å². The second kappa shape index (κ2) is 33.6. The number of unbranched alkanes of at least 4 members (excludes halogenated alkanes) is 11. The van der Waals surface area contributed by atoms with Crippen LogP contribution in [0.4, 0.5) is 0 Å². The van der Waals surface area contributed by atoms with Gasteiger partial charge in [0, 0.05) is 12.8 Å². The van der Waals surface area contributed by atoms with E-state index in [1.165, 1.54) is 77.0 Å². The smallest absolute Gasteiger partial charge is 0.303 e. The van der Waals surface area contributed by atoms with Crippen molar-refractivity contribution < 1.29 is 33.1 Å². The highest BCUT2D eigenvalue weighted by atomic mass is 32.2. The van der Waals surface area contributed by atoms with Crippen LogP contribution in [0.25, 0.3) is 0 Å². The van der Waals surface area contributed by atoms with E-state index >= 15 is 0 Å². The normalized spacial score (nSPS) is 10.2. The summed E-state index contributed by atoms with van der Waals surface area (Å²) in [5, 5.41) is 15.4. The third-order valence-electron chi connectivity index (χ3n) is 3.56. The molecule has 0 aliphatic carbocycles. The number of carbonyl (C=O) groups is 2. The van der Waals surface area contributed by atoms with Crippen LogP contribution < -0.4 is 0 Å². The van der Waals surface area contributed by atoms with Crippen LogP contribution in [0.15, 0.2) is 0 Å². The number of carboxylic acid groups (broad SMARTS) is 2. The minimum Gasteiger partial charge on any atom is -0.750 e. The van der Waals surface area contributed by atoms with Crippen LogP contribution in [0, 0.1) is 0 Å². The van der Waals surface area contributed by atoms with Crippen molar-refractivity contribution in [3.05, 3.63) is 0 Å². The summed E-state index contributed by atoms with van der Waals surface area (Å²) >= 11 is -2.86. The molecule has 0 aromatic heterocycles. The molecule has 1 atom stereocenters. The minimum atomic E-state index is -2.86. The molecule has 0 spiro atoms. The number of rotatable bonds is 13. The van der Waals surface area contributed by atoms with Crippen LogP contribution in [0.1, 0.15) is 118 Å². The molecule has 0 bridgehead atoms. The fourth-order valence-corrected chi connectivity index (χ4v) is 1.91. The zero-order valence-corrected chi connectivity index (χ0v) is 19.1. The molecule has 0 amide bonds. The highest BCUT2D eigenvalue weighted by Gasteiger charge is 1.91. The molecule has 3 N–H and O–H groups in total. The van der Waals surface area contributed by atoms with Crippen molar-refractivity contribution in [2.75, 3.05) is 0 Å². The Kier molecular flexibility index (Phi) is 41.4. The Morgan fingerprint density at radius 1 is 0.643 bits per heavy atom. The molecule has 0 saturated carbocycles. The highest BCUT2D eigenvalue weighted by molar-refractivity contribution is 7.73. The fraction of sp³-hybridized carbons (Fsp3) is 0.900. The second-order valence-electron chi connectivity index (χ2n) is 6.25. The molecule has 7 nitrogen and oxygen atoms in total. The lowest BCUT2D eigenvalue weighted by atomic mass is 10.1. The van der Waals surface area contributed by atoms with E-state index < -0.39 is 23.3 Å². The summed E-state index contributed by atoms with van der Waals surface area (Å²) in [5.74, 6) is -1.49. The first-order valence-electron chi connectivity index (χ1n) is 10.4. The SMILES string of the molecule is CCC(=O)O.CCC(=O)O.CCCCCCCCCCCCCC.O=S([O-])O. The molecule has 1 unspecified atom stereocenters. The Hall–Kier alpha value is -0.990. The molecule has 0 radical (unpaired) electrons. The van der Waals surface area contributed by atoms with E-state index in [-0.39, 0.29) is 12.8 Å². The van der Waals surface area contributed by atoms with Gasteiger partial charge in [-0.15, -0.1) is 0 Å². The van der Waals surface area contributed by atoms with Crippen molar-refractivity contribution >= 4 is 23.3 Å². The minimum absolute atomic E-state index is 0.222. The van der Waals surface area contributed by atoms with Gasteiger partial charge in [0.25, 0.3) is 0 Å². The van der Waals surface area contributed by atoms with Crippen molar-refractivity contribution in [2.45, 2.75) is 118 Å². The maximum atomic E-state index is 9.37. The molecule has 172 valence electrons. The predicted molar refractivity (Wildman–Crippen MR) is 114 cm³/mol. The quantitative estimate of drug-likeness (QED) is 0.242. The van der Waals surface area contributed by atoms with Gasteiger partial charge >= 0.3 is 11.9 Å². The molecule has 0 aromatic rings. The number of hydrogen-bond donors (Lipinski definition) is 3. The molecule has 0 fully saturated rings. The van der Waals surface area contributed by atoms with E-state index in [1.54, 1.807) is 13.8 Å². The Morgan fingerprint density at radius 2 is 0.786 bits per heavy atom. The third-order valence-corrected chi connectivity index (χ3v) is 3.56. The summed E-state index contributed by atoms with van der Waals surface area (Å²) in [4.78, 5) is 18.7. The van der Waals surface area contributed by atoms with Gasteiger partial charge in [0.05, 0.1) is 11.4 Å². The molecule has 8 heteroatoms. The molecular formula is C20H43O7S-. The lowest BCUT2D eigenvalue weighted by Crippen LogP contribution is -1.86. The Bertz CT molecular complexity index is 307. The molecular weight excluding hydrogens is 384 g/mol. The van der Waals surface area contributed by atoms with Gasteiger partial charge in [-0.25, -0.2) is 4.21 Å². The topological polar surface area (TPSA) is 135 Å². The van der Waals surface area contributed by atoms with E-state index in [2.05, 4.69) is 13.8 Å². The maximum Gasteiger partial charge on any atom is 0.303 e. The molecule has 0 aliphatic rings. The Morgan fingerprint density at radius 3 is 0.893 bits per heavy atom. The zero-order chi connectivity index (χ0) is 22.6. The second-order valence-corrected chi connectivity index (χ2v) is 6.68. The average Bonchev–Trinajstić information content (AvgIpc) is 2.63. The van der Waals surface area contributed by atoms with Gasteiger partial charge in [0.1, 0.15) is 0 Å². The Balaban J connectivity index is -0.000000168. The van der Waals surface area contributed by atoms with Gasteiger partial charge in [0.2, 0.25) is 0 Å². The lowest BCUT2D eigenvalue weighted by Gasteiger charge is -2.01. The van der Waals surface area contributed by atoms with E-state index in [0.717, 1.165) is 0 Å². The van der Waals surface area contributed by atoms with Gasteiger partial charge in [-0.3, -0.25) is 9.59 Å². The summed E-state index contributed by atoms with van der Waals surface area (Å²) in [6.45, 7) is 7.77. The summed E-state index contributed by atoms with van der Waals surface area (Å²) in [5.41, 5.74) is 0. The zero-order valence-electron chi connectivity index (χ0n) is 18.3. The van der Waals surface area contributed by atoms with Gasteiger partial charge in [-0.1, -0.05) is 105 Å². The van der Waals surface area contributed by atoms with Gasteiger partial charge in [0.15, 0.2) is 0 Å². The molecule has 0 aliphatic heterocycles. The van der Waals surface area contributed by atoms with Crippen LogP contribution in [-0.2, 0) is 21.0 Å². The van der Waals surface area contributed by atoms with Gasteiger partial charge in [-0.2, -0.15) is 0 Å². The van der Waals surface area contributed by atoms with Crippen molar-refractivity contribution in [1.82, 2.24) is 0 Å². The molecule has 0 rings (SSSR count). The molecule has 28 heavy (non-hydrogen) atoms. The van der Waals surface area contributed by atoms with Crippen LogP contribution in [0.2, 0.25) is 0 Å². The van der Waals surface area contributed by atoms with E-state index in [1.807, 2.05) is 0 Å². The van der Waals surface area contributed by atoms with Crippen LogP contribution in [0.5, 0.6) is 0 Å². The van der Waals surface area contributed by atoms with Crippen molar-refractivity contribution in [3.8, 4) is 0 Å². The van der Waals surface area contributed by atoms with E-state index in [4.69, 9.17) is 23.5 Å². The fourth-order valence-electron chi connectivity index (χ4n) is 1.91. The molecule has 0 heterocycles. The van der Waals surface area contributed by atoms with Crippen molar-refractivity contribution in [2.24, 2.45) is 0 Å². The summed E-state index contributed by atoms with van der Waals surface area (Å²) in [6, 6.07) is 0. The van der Waals surface area contributed by atoms with E-state index in [9.17, 15) is 9.59 Å². The standard InChI is InChI=1S/C14H30.2C3H6O2.H2O3S/c1-3-5-7-9-11-13-14-12-10-8-6-4-2;2*1-2-3(4)5;1-4(2)3/h3-14H2,1-2H3;2*2H2,1H3,(H,4,5);(H2,1,2,3)/p-1. The monoisotopic (exact) mass is 427 g/mol. The number of aliphatic carboxylic acids is 2. The summed E-state index contributed by atoms with van der Waals surface area (Å²) < 4.78 is 24.1. The predicted octanol–water partition coefficient (Wildman–Crippen LogP) is 6.01. The number of hydrogen-bond acceptors (Lipinski definition) is 4. The summed E-state index contributed by atoms with van der Waals surface area (Å²) in [6.07, 6.45) is 17.9. The first kappa shape index (κ1) is 34.5. The molecule has 0 aromatic carbocycles. The van der Waals surface area contributed by atoms with Gasteiger partial charge < -0.3 is 19.3 Å². The number of carboxylic acids is 2. The van der Waals surface area contributed by atoms with E-state index in [0.29, 0.717) is 0 Å².